The maximum Gasteiger partial charge on any atom is 0.0667 e. The topological polar surface area (TPSA) is 23.5 Å². The van der Waals surface area contributed by atoms with Crippen LogP contribution in [0.3, 0.4) is 0 Å². The first-order valence-corrected chi connectivity index (χ1v) is 4.79. The van der Waals surface area contributed by atoms with Crippen LogP contribution >= 0.6 is 0 Å². The first kappa shape index (κ1) is 9.75. The molecule has 0 saturated carbocycles. The Morgan fingerprint density at radius 2 is 2.42 bits per heavy atom. The number of aliphatic hydroxyl groups is 1. The molecule has 70 valence electrons. The van der Waals surface area contributed by atoms with E-state index in [9.17, 15) is 5.11 Å². The van der Waals surface area contributed by atoms with Crippen LogP contribution in [-0.4, -0.2) is 35.7 Å². The lowest BCUT2D eigenvalue weighted by atomic mass is 10.1. The zero-order chi connectivity index (χ0) is 8.97. The second-order valence-corrected chi connectivity index (χ2v) is 3.63. The predicted octanol–water partition coefficient (Wildman–Crippen LogP) is 1.41. The number of hydrogen-bond acceptors (Lipinski definition) is 2. The number of β-amino-alcohol motifs (C(OH)–C–C–N with tert-alkyl or cyclic N) is 1. The molecule has 0 amide bonds. The van der Waals surface area contributed by atoms with E-state index in [2.05, 4.69) is 18.4 Å². The van der Waals surface area contributed by atoms with Gasteiger partial charge in [-0.15, -0.1) is 0 Å². The number of aliphatic hydroxyl groups excluding tert-OH is 1. The molecule has 1 heterocycles. The van der Waals surface area contributed by atoms with E-state index in [1.165, 1.54) is 5.57 Å². The lowest BCUT2D eigenvalue weighted by Crippen LogP contribution is -2.39. The second-order valence-electron chi connectivity index (χ2n) is 3.63. The van der Waals surface area contributed by atoms with Crippen LogP contribution in [0.4, 0.5) is 0 Å². The molecule has 1 saturated heterocycles. The lowest BCUT2D eigenvalue weighted by Gasteiger charge is -2.30. The smallest absolute Gasteiger partial charge is 0.0667 e. The van der Waals surface area contributed by atoms with Gasteiger partial charge in [0.15, 0.2) is 0 Å². The Kier molecular flexibility index (Phi) is 3.76. The highest BCUT2D eigenvalue weighted by Crippen LogP contribution is 2.11. The molecule has 1 fully saturated rings. The first-order chi connectivity index (χ1) is 5.72. The summed E-state index contributed by atoms with van der Waals surface area (Å²) in [6, 6.07) is 0. The van der Waals surface area contributed by atoms with Crippen molar-refractivity contribution in [1.29, 1.82) is 0 Å². The van der Waals surface area contributed by atoms with Crippen molar-refractivity contribution in [3.8, 4) is 0 Å². The van der Waals surface area contributed by atoms with Gasteiger partial charge in [0, 0.05) is 13.1 Å². The Hall–Kier alpha value is -0.340. The molecule has 12 heavy (non-hydrogen) atoms. The molecule has 0 spiro atoms. The monoisotopic (exact) mass is 169 g/mol. The highest BCUT2D eigenvalue weighted by atomic mass is 16.3. The van der Waals surface area contributed by atoms with E-state index in [1.54, 1.807) is 0 Å². The van der Waals surface area contributed by atoms with Crippen LogP contribution in [-0.2, 0) is 0 Å². The Balaban J connectivity index is 2.27. The van der Waals surface area contributed by atoms with Crippen LogP contribution in [0.1, 0.15) is 26.2 Å². The fraction of sp³-hybridized carbons (Fsp3) is 0.800. The summed E-state index contributed by atoms with van der Waals surface area (Å²) in [6.45, 7) is 9.02. The maximum absolute atomic E-state index is 9.39. The quantitative estimate of drug-likeness (QED) is 0.646. The third kappa shape index (κ3) is 2.95. The molecule has 1 aliphatic rings. The Morgan fingerprint density at radius 3 is 3.00 bits per heavy atom. The molecule has 0 bridgehead atoms. The SMILES string of the molecule is C=C(CC)CN1CCCC(O)C1. The van der Waals surface area contributed by atoms with Gasteiger partial charge in [0.25, 0.3) is 0 Å². The van der Waals surface area contributed by atoms with Crippen molar-refractivity contribution in [3.05, 3.63) is 12.2 Å². The van der Waals surface area contributed by atoms with Gasteiger partial charge < -0.3 is 5.11 Å². The summed E-state index contributed by atoms with van der Waals surface area (Å²) in [5, 5.41) is 9.39. The minimum Gasteiger partial charge on any atom is -0.392 e. The number of hydrogen-bond donors (Lipinski definition) is 1. The Morgan fingerprint density at radius 1 is 1.67 bits per heavy atom. The number of nitrogens with zero attached hydrogens (tertiary/aromatic N) is 1. The fourth-order valence-corrected chi connectivity index (χ4v) is 1.60. The molecule has 1 N–H and O–H groups in total. The summed E-state index contributed by atoms with van der Waals surface area (Å²) >= 11 is 0. The van der Waals surface area contributed by atoms with Crippen LogP contribution in [0.2, 0.25) is 0 Å². The standard InChI is InChI=1S/C10H19NO/c1-3-9(2)7-11-6-4-5-10(12)8-11/h10,12H,2-8H2,1H3. The molecular formula is C10H19NO. The van der Waals surface area contributed by atoms with E-state index in [1.807, 2.05) is 0 Å². The zero-order valence-corrected chi connectivity index (χ0v) is 7.92. The van der Waals surface area contributed by atoms with E-state index < -0.39 is 0 Å². The minimum absolute atomic E-state index is 0.108. The van der Waals surface area contributed by atoms with E-state index in [4.69, 9.17) is 0 Å². The molecule has 1 unspecified atom stereocenters. The molecule has 0 aromatic rings. The van der Waals surface area contributed by atoms with Crippen LogP contribution in [0.25, 0.3) is 0 Å². The third-order valence-electron chi connectivity index (χ3n) is 2.43. The van der Waals surface area contributed by atoms with Crippen molar-refractivity contribution >= 4 is 0 Å². The van der Waals surface area contributed by atoms with Gasteiger partial charge in [0.05, 0.1) is 6.10 Å². The van der Waals surface area contributed by atoms with Crippen molar-refractivity contribution in [3.63, 3.8) is 0 Å². The van der Waals surface area contributed by atoms with E-state index >= 15 is 0 Å². The second kappa shape index (κ2) is 4.63. The van der Waals surface area contributed by atoms with Crippen molar-refractivity contribution in [1.82, 2.24) is 4.90 Å². The van der Waals surface area contributed by atoms with Crippen LogP contribution in [0.5, 0.6) is 0 Å². The molecule has 0 aliphatic carbocycles. The van der Waals surface area contributed by atoms with Gasteiger partial charge in [0.2, 0.25) is 0 Å². The van der Waals surface area contributed by atoms with E-state index in [-0.39, 0.29) is 6.10 Å². The minimum atomic E-state index is -0.108. The Bertz CT molecular complexity index is 156. The summed E-state index contributed by atoms with van der Waals surface area (Å²) in [5.74, 6) is 0. The van der Waals surface area contributed by atoms with Crippen LogP contribution < -0.4 is 0 Å². The van der Waals surface area contributed by atoms with Gasteiger partial charge in [-0.05, 0) is 25.8 Å². The van der Waals surface area contributed by atoms with Gasteiger partial charge in [-0.1, -0.05) is 19.1 Å². The summed E-state index contributed by atoms with van der Waals surface area (Å²) in [4.78, 5) is 2.29. The molecular weight excluding hydrogens is 150 g/mol. The van der Waals surface area contributed by atoms with Gasteiger partial charge in [0.1, 0.15) is 0 Å². The van der Waals surface area contributed by atoms with Gasteiger partial charge >= 0.3 is 0 Å². The molecule has 0 radical (unpaired) electrons. The Labute approximate surface area is 74.9 Å². The summed E-state index contributed by atoms with van der Waals surface area (Å²) < 4.78 is 0. The van der Waals surface area contributed by atoms with Gasteiger partial charge in [-0.25, -0.2) is 0 Å². The summed E-state index contributed by atoms with van der Waals surface area (Å²) in [7, 11) is 0. The predicted molar refractivity (Wildman–Crippen MR) is 51.1 cm³/mol. The van der Waals surface area contributed by atoms with Crippen molar-refractivity contribution in [2.24, 2.45) is 0 Å². The van der Waals surface area contributed by atoms with Crippen LogP contribution in [0, 0.1) is 0 Å². The molecule has 0 aromatic heterocycles. The third-order valence-corrected chi connectivity index (χ3v) is 2.43. The van der Waals surface area contributed by atoms with Gasteiger partial charge in [-0.3, -0.25) is 4.90 Å². The van der Waals surface area contributed by atoms with Crippen molar-refractivity contribution < 1.29 is 5.11 Å². The molecule has 2 heteroatoms. The van der Waals surface area contributed by atoms with Crippen LogP contribution in [0.15, 0.2) is 12.2 Å². The number of likely N-dealkylation sites (tertiary alicyclic amines) is 1. The average Bonchev–Trinajstić information content (AvgIpc) is 2.04. The molecule has 2 nitrogen and oxygen atoms in total. The fourth-order valence-electron chi connectivity index (χ4n) is 1.60. The van der Waals surface area contributed by atoms with E-state index in [0.717, 1.165) is 38.9 Å². The lowest BCUT2D eigenvalue weighted by molar-refractivity contribution is 0.0755. The van der Waals surface area contributed by atoms with Crippen molar-refractivity contribution in [2.75, 3.05) is 19.6 Å². The highest BCUT2D eigenvalue weighted by molar-refractivity contribution is 4.96. The molecule has 0 aromatic carbocycles. The molecule has 1 rings (SSSR count). The molecule has 1 atom stereocenters. The molecule has 1 aliphatic heterocycles. The number of rotatable bonds is 3. The number of piperidine rings is 1. The summed E-state index contributed by atoms with van der Waals surface area (Å²) in [5.41, 5.74) is 1.27. The van der Waals surface area contributed by atoms with Crippen molar-refractivity contribution in [2.45, 2.75) is 32.3 Å². The average molecular weight is 169 g/mol. The van der Waals surface area contributed by atoms with Gasteiger partial charge in [-0.2, -0.15) is 0 Å². The summed E-state index contributed by atoms with van der Waals surface area (Å²) in [6.07, 6.45) is 3.03. The highest BCUT2D eigenvalue weighted by Gasteiger charge is 2.17. The van der Waals surface area contributed by atoms with E-state index in [0.29, 0.717) is 0 Å². The first-order valence-electron chi connectivity index (χ1n) is 4.79. The zero-order valence-electron chi connectivity index (χ0n) is 7.92. The maximum atomic E-state index is 9.39. The normalized spacial score (nSPS) is 25.7. The largest absolute Gasteiger partial charge is 0.392 e.